The van der Waals surface area contributed by atoms with Gasteiger partial charge in [0.25, 0.3) is 5.24 Å². The number of carboxylic acids is 2. The third kappa shape index (κ3) is 19.7. The van der Waals surface area contributed by atoms with Gasteiger partial charge in [-0.05, 0) is 62.1 Å². The molecule has 2 aromatic rings. The van der Waals surface area contributed by atoms with Crippen LogP contribution in [0.1, 0.15) is 52.9 Å². The number of carbonyl (C=O) groups is 3. The molecule has 0 aliphatic heterocycles. The highest BCUT2D eigenvalue weighted by molar-refractivity contribution is 8.13. The summed E-state index contributed by atoms with van der Waals surface area (Å²) in [6.45, 7) is 8.05. The molecule has 0 aliphatic rings. The molecule has 0 spiro atoms. The fourth-order valence-electron chi connectivity index (χ4n) is 2.84. The Bertz CT molecular complexity index is 1070. The van der Waals surface area contributed by atoms with Gasteiger partial charge in [-0.15, -0.1) is 0 Å². The number of carbonyl (C=O) groups excluding carboxylic acids is 1. The molecule has 0 saturated heterocycles. The van der Waals surface area contributed by atoms with Crippen molar-refractivity contribution in [3.8, 4) is 11.5 Å². The largest absolute Gasteiger partial charge is 0.492 e. The molecule has 13 heteroatoms. The highest BCUT2D eigenvalue weighted by atomic mass is 35.5. The maximum atomic E-state index is 11.6. The van der Waals surface area contributed by atoms with Gasteiger partial charge >= 0.3 is 11.9 Å². The summed E-state index contributed by atoms with van der Waals surface area (Å²) in [6.07, 6.45) is 3.72. The van der Waals surface area contributed by atoms with Gasteiger partial charge in [-0.3, -0.25) is 9.59 Å². The number of ether oxygens (including phenoxy) is 2. The molecule has 0 aliphatic carbocycles. The molecule has 0 atom stereocenters. The summed E-state index contributed by atoms with van der Waals surface area (Å²) in [5.41, 5.74) is 0. The number of aliphatic carboxylic acids is 2. The summed E-state index contributed by atoms with van der Waals surface area (Å²) >= 11 is 24.3. The molecule has 2 N–H and O–H groups in total. The van der Waals surface area contributed by atoms with Crippen LogP contribution in [0.4, 0.5) is 4.79 Å². The molecule has 0 radical (unpaired) electrons. The van der Waals surface area contributed by atoms with Crippen molar-refractivity contribution in [3.05, 3.63) is 56.5 Å². The lowest BCUT2D eigenvalue weighted by Gasteiger charge is -2.20. The number of thioether (sulfide) groups is 1. The van der Waals surface area contributed by atoms with Crippen molar-refractivity contribution in [3.63, 3.8) is 0 Å². The third-order valence-corrected chi connectivity index (χ3v) is 6.78. The van der Waals surface area contributed by atoms with Gasteiger partial charge < -0.3 is 24.6 Å². The molecule has 0 bridgehead atoms. The van der Waals surface area contributed by atoms with Crippen LogP contribution in [0.25, 0.3) is 0 Å². The van der Waals surface area contributed by atoms with Crippen molar-refractivity contribution in [2.24, 2.45) is 0 Å². The number of nitrogens with zero attached hydrogens (tertiary/aromatic N) is 1. The molecule has 0 heterocycles. The van der Waals surface area contributed by atoms with Gasteiger partial charge in [0.1, 0.15) is 11.5 Å². The second kappa shape index (κ2) is 23.5. The molecular formula is C28H37Cl4NO7S. The summed E-state index contributed by atoms with van der Waals surface area (Å²) in [6, 6.07) is 9.49. The minimum atomic E-state index is -1.05. The molecule has 1 amide bonds. The van der Waals surface area contributed by atoms with E-state index in [4.69, 9.17) is 66.1 Å². The molecule has 0 saturated carbocycles. The van der Waals surface area contributed by atoms with Crippen molar-refractivity contribution < 1.29 is 34.1 Å². The van der Waals surface area contributed by atoms with Gasteiger partial charge in [0.15, 0.2) is 6.61 Å². The average Bonchev–Trinajstić information content (AvgIpc) is 2.90. The standard InChI is InChI=1S/C10H10Cl2O3.C10H21NOS.C8H6Cl2O3/c11-7-3-4-9(8(12)6-7)15-5-1-2-10(13)14;1-4-7-11(8-5-2)10(12)13-9-6-3;9-5-1-2-7(6(10)3-5)13-4-8(11)12/h3-4,6H,1-2,5H2,(H,13,14);4-9H2,1-3H3;1-3H,4H2,(H,11,12). The summed E-state index contributed by atoms with van der Waals surface area (Å²) < 4.78 is 10.2. The Hall–Kier alpha value is -2.04. The van der Waals surface area contributed by atoms with Crippen molar-refractivity contribution in [2.75, 3.05) is 32.1 Å². The Morgan fingerprint density at radius 2 is 1.29 bits per heavy atom. The van der Waals surface area contributed by atoms with Gasteiger partial charge in [0.2, 0.25) is 0 Å². The van der Waals surface area contributed by atoms with E-state index in [1.54, 1.807) is 24.3 Å². The Morgan fingerprint density at radius 3 is 1.71 bits per heavy atom. The normalized spacial score (nSPS) is 9.93. The van der Waals surface area contributed by atoms with Gasteiger partial charge in [-0.2, -0.15) is 0 Å². The maximum Gasteiger partial charge on any atom is 0.341 e. The van der Waals surface area contributed by atoms with E-state index < -0.39 is 18.5 Å². The SMILES string of the molecule is CCCSC(=O)N(CCC)CCC.O=C(O)CCCOc1ccc(Cl)cc1Cl.O=C(O)COc1ccc(Cl)cc1Cl. The van der Waals surface area contributed by atoms with E-state index in [0.29, 0.717) is 44.6 Å². The number of carboxylic acid groups (broad SMARTS) is 2. The number of hydrogen-bond acceptors (Lipinski definition) is 6. The average molecular weight is 673 g/mol. The summed E-state index contributed by atoms with van der Waals surface area (Å²) in [4.78, 5) is 33.9. The second-order valence-electron chi connectivity index (χ2n) is 8.28. The van der Waals surface area contributed by atoms with Crippen LogP contribution in [0.3, 0.4) is 0 Å². The molecule has 0 fully saturated rings. The minimum Gasteiger partial charge on any atom is -0.492 e. The number of benzene rings is 2. The fraction of sp³-hybridized carbons (Fsp3) is 0.464. The van der Waals surface area contributed by atoms with Crippen molar-refractivity contribution in [1.29, 1.82) is 0 Å². The quantitative estimate of drug-likeness (QED) is 0.191. The topological polar surface area (TPSA) is 113 Å². The van der Waals surface area contributed by atoms with E-state index in [0.717, 1.165) is 38.1 Å². The fourth-order valence-corrected chi connectivity index (χ4v) is 4.51. The van der Waals surface area contributed by atoms with E-state index in [2.05, 4.69) is 20.8 Å². The molecule has 8 nitrogen and oxygen atoms in total. The summed E-state index contributed by atoms with van der Waals surface area (Å²) in [5.74, 6) is -0.102. The summed E-state index contributed by atoms with van der Waals surface area (Å²) in [7, 11) is 0. The molecule has 2 aromatic carbocycles. The molecular weight excluding hydrogens is 636 g/mol. The molecule has 2 rings (SSSR count). The van der Waals surface area contributed by atoms with E-state index in [1.807, 2.05) is 4.90 Å². The van der Waals surface area contributed by atoms with Gasteiger partial charge in [-0.25, -0.2) is 4.79 Å². The van der Waals surface area contributed by atoms with Crippen LogP contribution in [0.2, 0.25) is 20.1 Å². The van der Waals surface area contributed by atoms with Gasteiger partial charge in [0.05, 0.1) is 16.7 Å². The zero-order valence-corrected chi connectivity index (χ0v) is 27.2. The number of amides is 1. The van der Waals surface area contributed by atoms with E-state index in [-0.39, 0.29) is 11.7 Å². The highest BCUT2D eigenvalue weighted by Gasteiger charge is 2.11. The zero-order valence-electron chi connectivity index (χ0n) is 23.3. The van der Waals surface area contributed by atoms with E-state index >= 15 is 0 Å². The van der Waals surface area contributed by atoms with E-state index in [1.165, 1.54) is 23.9 Å². The molecule has 41 heavy (non-hydrogen) atoms. The van der Waals surface area contributed by atoms with Crippen LogP contribution in [-0.4, -0.2) is 64.3 Å². The first kappa shape index (κ1) is 39.0. The van der Waals surface area contributed by atoms with Crippen LogP contribution >= 0.6 is 58.2 Å². The number of hydrogen-bond donors (Lipinski definition) is 2. The van der Waals surface area contributed by atoms with Crippen molar-refractivity contribution >= 4 is 75.3 Å². The van der Waals surface area contributed by atoms with Crippen molar-refractivity contribution in [2.45, 2.75) is 52.9 Å². The Kier molecular flexibility index (Phi) is 22.3. The Labute approximate surface area is 266 Å². The van der Waals surface area contributed by atoms with Crippen LogP contribution in [0, 0.1) is 0 Å². The third-order valence-electron chi connectivity index (χ3n) is 4.61. The van der Waals surface area contributed by atoms with Crippen LogP contribution < -0.4 is 9.47 Å². The summed E-state index contributed by atoms with van der Waals surface area (Å²) in [5, 5.41) is 18.7. The van der Waals surface area contributed by atoms with Gasteiger partial charge in [0, 0.05) is 35.3 Å². The Morgan fingerprint density at radius 1 is 0.780 bits per heavy atom. The van der Waals surface area contributed by atoms with Crippen molar-refractivity contribution in [1.82, 2.24) is 4.90 Å². The van der Waals surface area contributed by atoms with Crippen LogP contribution in [0.15, 0.2) is 36.4 Å². The highest BCUT2D eigenvalue weighted by Crippen LogP contribution is 2.28. The minimum absolute atomic E-state index is 0.0885. The first-order valence-electron chi connectivity index (χ1n) is 13.0. The lowest BCUT2D eigenvalue weighted by Crippen LogP contribution is -2.29. The lowest BCUT2D eigenvalue weighted by molar-refractivity contribution is -0.139. The lowest BCUT2D eigenvalue weighted by atomic mass is 10.3. The molecule has 0 aromatic heterocycles. The van der Waals surface area contributed by atoms with Crippen LogP contribution in [0.5, 0.6) is 11.5 Å². The smallest absolute Gasteiger partial charge is 0.341 e. The predicted octanol–water partition coefficient (Wildman–Crippen LogP) is 9.07. The number of rotatable bonds is 14. The monoisotopic (exact) mass is 671 g/mol. The number of halogens is 4. The second-order valence-corrected chi connectivity index (χ2v) is 11.0. The van der Waals surface area contributed by atoms with Gasteiger partial charge in [-0.1, -0.05) is 78.9 Å². The Balaban J connectivity index is 0.000000588. The first-order chi connectivity index (χ1) is 19.4. The molecule has 230 valence electrons. The van der Waals surface area contributed by atoms with E-state index in [9.17, 15) is 14.4 Å². The van der Waals surface area contributed by atoms with Crippen LogP contribution in [-0.2, 0) is 9.59 Å². The maximum absolute atomic E-state index is 11.6. The first-order valence-corrected chi connectivity index (χ1v) is 15.5. The molecule has 0 unspecified atom stereocenters. The zero-order chi connectivity index (χ0) is 31.2. The predicted molar refractivity (Wildman–Crippen MR) is 169 cm³/mol.